The van der Waals surface area contributed by atoms with E-state index >= 15 is 0 Å². The molecule has 142 valence electrons. The van der Waals surface area contributed by atoms with Crippen LogP contribution < -0.4 is 0 Å². The Morgan fingerprint density at radius 2 is 2.04 bits per heavy atom. The first-order valence-electron chi connectivity index (χ1n) is 9.34. The first-order valence-corrected chi connectivity index (χ1v) is 9.34. The van der Waals surface area contributed by atoms with Gasteiger partial charge in [-0.25, -0.2) is 0 Å². The number of carbonyl (C=O) groups excluding carboxylic acids is 1. The van der Waals surface area contributed by atoms with E-state index in [2.05, 4.69) is 23.2 Å². The molecular weight excluding hydrogens is 340 g/mol. The molecule has 2 heterocycles. The van der Waals surface area contributed by atoms with Gasteiger partial charge >= 0.3 is 0 Å². The Labute approximate surface area is 160 Å². The summed E-state index contributed by atoms with van der Waals surface area (Å²) in [5.41, 5.74) is 0.969. The Bertz CT molecular complexity index is 815. The Morgan fingerprint density at radius 3 is 2.56 bits per heavy atom. The van der Waals surface area contributed by atoms with Crippen molar-refractivity contribution < 1.29 is 9.53 Å². The summed E-state index contributed by atoms with van der Waals surface area (Å²) in [6.45, 7) is 7.47. The topological polar surface area (TPSA) is 78.0 Å². The van der Waals surface area contributed by atoms with Crippen LogP contribution in [0.1, 0.15) is 55.1 Å². The lowest BCUT2D eigenvalue weighted by Gasteiger charge is -2.39. The summed E-state index contributed by atoms with van der Waals surface area (Å²) >= 11 is 0. The number of carbonyl (C=O) groups is 1. The van der Waals surface area contributed by atoms with Gasteiger partial charge in [0, 0.05) is 32.0 Å². The SMILES string of the molecule is COC1(C)CCN(C(=O)c2ccc(C#N)cc2C2(C(C)C)C=CN=N2)CC1. The standard InChI is InChI=1S/C21H26N4O2/c1-15(2)21(7-10-23-24-21)18-13-16(14-22)5-6-17(18)19(26)25-11-8-20(3,27-4)9-12-25/h5-7,10,13,15H,8-9,11-12H2,1-4H3. The summed E-state index contributed by atoms with van der Waals surface area (Å²) < 4.78 is 5.58. The van der Waals surface area contributed by atoms with Gasteiger partial charge in [-0.15, -0.1) is 0 Å². The second-order valence-corrected chi connectivity index (χ2v) is 7.83. The van der Waals surface area contributed by atoms with Gasteiger partial charge in [-0.05, 0) is 55.5 Å². The van der Waals surface area contributed by atoms with Gasteiger partial charge in [0.1, 0.15) is 5.54 Å². The molecule has 0 N–H and O–H groups in total. The van der Waals surface area contributed by atoms with Crippen LogP contribution in [0.15, 0.2) is 40.7 Å². The number of piperidine rings is 1. The monoisotopic (exact) mass is 366 g/mol. The number of rotatable bonds is 4. The first-order chi connectivity index (χ1) is 12.8. The number of likely N-dealkylation sites (tertiary alicyclic amines) is 1. The van der Waals surface area contributed by atoms with Crippen molar-refractivity contribution >= 4 is 5.91 Å². The van der Waals surface area contributed by atoms with E-state index in [1.54, 1.807) is 31.5 Å². The number of methoxy groups -OCH3 is 1. The number of hydrogen-bond acceptors (Lipinski definition) is 5. The lowest BCUT2D eigenvalue weighted by atomic mass is 9.77. The maximum Gasteiger partial charge on any atom is 0.254 e. The van der Waals surface area contributed by atoms with E-state index in [1.807, 2.05) is 24.8 Å². The van der Waals surface area contributed by atoms with Crippen LogP contribution in [0.3, 0.4) is 0 Å². The predicted molar refractivity (Wildman–Crippen MR) is 102 cm³/mol. The molecule has 0 saturated carbocycles. The normalized spacial score (nSPS) is 23.6. The smallest absolute Gasteiger partial charge is 0.254 e. The molecule has 0 radical (unpaired) electrons. The number of hydrogen-bond donors (Lipinski definition) is 0. The number of amides is 1. The van der Waals surface area contributed by atoms with E-state index in [4.69, 9.17) is 4.74 Å². The van der Waals surface area contributed by atoms with E-state index in [-0.39, 0.29) is 17.4 Å². The third-order valence-corrected chi connectivity index (χ3v) is 5.91. The fourth-order valence-electron chi connectivity index (χ4n) is 3.76. The summed E-state index contributed by atoms with van der Waals surface area (Å²) in [6.07, 6.45) is 5.19. The van der Waals surface area contributed by atoms with E-state index < -0.39 is 5.54 Å². The highest BCUT2D eigenvalue weighted by atomic mass is 16.5. The zero-order chi connectivity index (χ0) is 19.7. The molecule has 1 amide bonds. The molecule has 0 spiro atoms. The van der Waals surface area contributed by atoms with Gasteiger partial charge in [-0.2, -0.15) is 15.5 Å². The molecule has 6 heteroatoms. The van der Waals surface area contributed by atoms with E-state index in [0.29, 0.717) is 24.2 Å². The zero-order valence-corrected chi connectivity index (χ0v) is 16.4. The molecule has 1 fully saturated rings. The van der Waals surface area contributed by atoms with Crippen molar-refractivity contribution in [1.82, 2.24) is 4.90 Å². The van der Waals surface area contributed by atoms with Gasteiger partial charge in [0.15, 0.2) is 0 Å². The van der Waals surface area contributed by atoms with Crippen LogP contribution in [0.5, 0.6) is 0 Å². The average molecular weight is 366 g/mol. The molecule has 6 nitrogen and oxygen atoms in total. The minimum absolute atomic E-state index is 0.0248. The lowest BCUT2D eigenvalue weighted by Crippen LogP contribution is -2.46. The van der Waals surface area contributed by atoms with E-state index in [9.17, 15) is 10.1 Å². The van der Waals surface area contributed by atoms with Crippen molar-refractivity contribution in [2.24, 2.45) is 16.1 Å². The second-order valence-electron chi connectivity index (χ2n) is 7.83. The van der Waals surface area contributed by atoms with Gasteiger partial charge < -0.3 is 9.64 Å². The molecule has 1 saturated heterocycles. The summed E-state index contributed by atoms with van der Waals surface area (Å²) in [6, 6.07) is 7.41. The van der Waals surface area contributed by atoms with Crippen molar-refractivity contribution in [3.05, 3.63) is 47.2 Å². The minimum atomic E-state index is -0.714. The molecule has 0 aromatic heterocycles. The summed E-state index contributed by atoms with van der Waals surface area (Å²) in [5, 5.41) is 17.9. The van der Waals surface area contributed by atoms with Crippen molar-refractivity contribution in [3.63, 3.8) is 0 Å². The molecule has 0 aliphatic carbocycles. The average Bonchev–Trinajstić information content (AvgIpc) is 3.19. The Balaban J connectivity index is 1.99. The van der Waals surface area contributed by atoms with Gasteiger partial charge in [0.2, 0.25) is 0 Å². The largest absolute Gasteiger partial charge is 0.378 e. The first kappa shape index (κ1) is 19.2. The number of azo groups is 1. The molecule has 1 atom stereocenters. The molecule has 1 aromatic rings. The summed E-state index contributed by atoms with van der Waals surface area (Å²) in [4.78, 5) is 15.2. The highest BCUT2D eigenvalue weighted by Crippen LogP contribution is 2.41. The maximum absolute atomic E-state index is 13.3. The quantitative estimate of drug-likeness (QED) is 0.807. The second kappa shape index (κ2) is 7.24. The highest BCUT2D eigenvalue weighted by molar-refractivity contribution is 5.96. The maximum atomic E-state index is 13.3. The van der Waals surface area contributed by atoms with Gasteiger partial charge in [0.25, 0.3) is 5.91 Å². The van der Waals surface area contributed by atoms with E-state index in [0.717, 1.165) is 18.4 Å². The number of ether oxygens (including phenoxy) is 1. The number of benzene rings is 1. The van der Waals surface area contributed by atoms with Crippen LogP contribution >= 0.6 is 0 Å². The highest BCUT2D eigenvalue weighted by Gasteiger charge is 2.40. The molecule has 2 aliphatic rings. The van der Waals surface area contributed by atoms with Crippen molar-refractivity contribution in [2.75, 3.05) is 20.2 Å². The van der Waals surface area contributed by atoms with Crippen molar-refractivity contribution in [3.8, 4) is 6.07 Å². The fourth-order valence-corrected chi connectivity index (χ4v) is 3.76. The summed E-state index contributed by atoms with van der Waals surface area (Å²) in [7, 11) is 1.72. The Hall–Kier alpha value is -2.52. The lowest BCUT2D eigenvalue weighted by molar-refractivity contribution is -0.0380. The van der Waals surface area contributed by atoms with Crippen LogP contribution in [-0.2, 0) is 10.3 Å². The van der Waals surface area contributed by atoms with Crippen LogP contribution in [0.25, 0.3) is 0 Å². The Kier molecular flexibility index (Phi) is 5.16. The third-order valence-electron chi connectivity index (χ3n) is 5.91. The molecule has 1 aromatic carbocycles. The third kappa shape index (κ3) is 3.40. The molecule has 1 unspecified atom stereocenters. The molecule has 3 rings (SSSR count). The van der Waals surface area contributed by atoms with Crippen LogP contribution in [-0.4, -0.2) is 36.6 Å². The number of nitriles is 1. The molecule has 0 bridgehead atoms. The van der Waals surface area contributed by atoms with E-state index in [1.165, 1.54) is 0 Å². The van der Waals surface area contributed by atoms with Crippen LogP contribution in [0.2, 0.25) is 0 Å². The minimum Gasteiger partial charge on any atom is -0.378 e. The molecular formula is C21H26N4O2. The molecule has 27 heavy (non-hydrogen) atoms. The fraction of sp³-hybridized carbons (Fsp3) is 0.524. The molecule has 2 aliphatic heterocycles. The number of nitrogens with zero attached hydrogens (tertiary/aromatic N) is 4. The summed E-state index contributed by atoms with van der Waals surface area (Å²) in [5.74, 6) is 0.0711. The van der Waals surface area contributed by atoms with Crippen molar-refractivity contribution in [1.29, 1.82) is 5.26 Å². The van der Waals surface area contributed by atoms with Crippen LogP contribution in [0, 0.1) is 17.2 Å². The van der Waals surface area contributed by atoms with Gasteiger partial charge in [-0.1, -0.05) is 13.8 Å². The predicted octanol–water partition coefficient (Wildman–Crippen LogP) is 4.03. The van der Waals surface area contributed by atoms with Crippen LogP contribution in [0.4, 0.5) is 0 Å². The zero-order valence-electron chi connectivity index (χ0n) is 16.4. The Morgan fingerprint density at radius 1 is 1.33 bits per heavy atom. The van der Waals surface area contributed by atoms with Crippen molar-refractivity contribution in [2.45, 2.75) is 44.8 Å². The van der Waals surface area contributed by atoms with Gasteiger partial charge in [0.05, 0.1) is 17.2 Å². The van der Waals surface area contributed by atoms with Gasteiger partial charge in [-0.3, -0.25) is 4.79 Å².